The molecule has 1 aromatic heterocycles. The molecule has 0 unspecified atom stereocenters. The second-order valence-electron chi connectivity index (χ2n) is 6.35. The van der Waals surface area contributed by atoms with Gasteiger partial charge in [0.05, 0.1) is 24.3 Å². The number of aromatic nitrogens is 1. The van der Waals surface area contributed by atoms with Crippen LogP contribution in [0.1, 0.15) is 11.8 Å². The fraction of sp³-hybridized carbons (Fsp3) is 0.250. The van der Waals surface area contributed by atoms with Gasteiger partial charge in [-0.2, -0.15) is 4.31 Å². The number of morpholine rings is 1. The Hall–Kier alpha value is -2.48. The number of pyridine rings is 1. The molecule has 2 heterocycles. The van der Waals surface area contributed by atoms with Crippen molar-refractivity contribution in [2.75, 3.05) is 26.8 Å². The highest BCUT2D eigenvalue weighted by atomic mass is 32.2. The second-order valence-corrected chi connectivity index (χ2v) is 8.29. The largest absolute Gasteiger partial charge is 0.497 e. The highest BCUT2D eigenvalue weighted by Gasteiger charge is 2.32. The van der Waals surface area contributed by atoms with Crippen molar-refractivity contribution in [3.05, 3.63) is 66.5 Å². The zero-order valence-corrected chi connectivity index (χ0v) is 15.7. The van der Waals surface area contributed by atoms with E-state index in [1.165, 1.54) is 4.31 Å². The summed E-state index contributed by atoms with van der Waals surface area (Å²) in [6, 6.07) is 16.3. The minimum absolute atomic E-state index is 0.236. The van der Waals surface area contributed by atoms with Crippen molar-refractivity contribution in [2.45, 2.75) is 11.0 Å². The number of methoxy groups -OCH3 is 1. The van der Waals surface area contributed by atoms with Crippen LogP contribution in [0.25, 0.3) is 10.8 Å². The van der Waals surface area contributed by atoms with Crippen molar-refractivity contribution < 1.29 is 17.9 Å². The highest BCUT2D eigenvalue weighted by Crippen LogP contribution is 2.27. The Labute approximate surface area is 158 Å². The summed E-state index contributed by atoms with van der Waals surface area (Å²) in [5.74, 6) is 0.620. The first-order chi connectivity index (χ1) is 13.1. The van der Waals surface area contributed by atoms with Gasteiger partial charge >= 0.3 is 0 Å². The molecule has 4 rings (SSSR count). The molecular formula is C20H20N2O4S. The van der Waals surface area contributed by atoms with Gasteiger partial charge in [-0.25, -0.2) is 8.42 Å². The van der Waals surface area contributed by atoms with Crippen LogP contribution in [0.2, 0.25) is 0 Å². The van der Waals surface area contributed by atoms with E-state index in [0.717, 1.165) is 16.5 Å². The Morgan fingerprint density at radius 3 is 2.59 bits per heavy atom. The third-order valence-electron chi connectivity index (χ3n) is 4.71. The van der Waals surface area contributed by atoms with Crippen molar-refractivity contribution in [1.29, 1.82) is 0 Å². The molecule has 140 valence electrons. The van der Waals surface area contributed by atoms with Crippen LogP contribution in [0.15, 0.2) is 65.7 Å². The van der Waals surface area contributed by atoms with Crippen molar-refractivity contribution >= 4 is 20.8 Å². The van der Waals surface area contributed by atoms with E-state index in [1.54, 1.807) is 37.6 Å². The number of hydrogen-bond acceptors (Lipinski definition) is 5. The molecule has 3 aromatic rings. The van der Waals surface area contributed by atoms with E-state index in [-0.39, 0.29) is 11.4 Å². The predicted octanol–water partition coefficient (Wildman–Crippen LogP) is 3.01. The maximum Gasteiger partial charge on any atom is 0.243 e. The van der Waals surface area contributed by atoms with Crippen LogP contribution in [-0.2, 0) is 14.8 Å². The molecule has 0 radical (unpaired) electrons. The minimum Gasteiger partial charge on any atom is -0.497 e. The minimum atomic E-state index is -3.60. The SMILES string of the molecule is COc1ccc(S(=O)(=O)N2CCO[C@@H](c3cc4ccccc4cn3)C2)cc1. The molecule has 0 spiro atoms. The number of rotatable bonds is 4. The van der Waals surface area contributed by atoms with Crippen molar-refractivity contribution in [2.24, 2.45) is 0 Å². The standard InChI is InChI=1S/C20H20N2O4S/c1-25-17-6-8-18(9-7-17)27(23,24)22-10-11-26-20(14-22)19-12-15-4-2-3-5-16(15)13-21-19/h2-9,12-13,20H,10-11,14H2,1H3/t20-/m1/s1. The van der Waals surface area contributed by atoms with Gasteiger partial charge in [0.25, 0.3) is 0 Å². The first-order valence-corrected chi connectivity index (χ1v) is 10.1. The lowest BCUT2D eigenvalue weighted by Gasteiger charge is -2.32. The topological polar surface area (TPSA) is 68.7 Å². The van der Waals surface area contributed by atoms with Gasteiger partial charge in [0.15, 0.2) is 0 Å². The summed E-state index contributed by atoms with van der Waals surface area (Å²) < 4.78 is 38.4. The maximum absolute atomic E-state index is 13.0. The molecular weight excluding hydrogens is 364 g/mol. The number of benzene rings is 2. The summed E-state index contributed by atoms with van der Waals surface area (Å²) in [7, 11) is -2.05. The molecule has 1 saturated heterocycles. The van der Waals surface area contributed by atoms with E-state index in [9.17, 15) is 8.42 Å². The first kappa shape index (κ1) is 17.9. The molecule has 2 aromatic carbocycles. The number of sulfonamides is 1. The summed E-state index contributed by atoms with van der Waals surface area (Å²) in [5, 5.41) is 2.10. The summed E-state index contributed by atoms with van der Waals surface area (Å²) in [6.07, 6.45) is 1.40. The molecule has 0 amide bonds. The van der Waals surface area contributed by atoms with Crippen LogP contribution in [-0.4, -0.2) is 44.5 Å². The fourth-order valence-corrected chi connectivity index (χ4v) is 4.62. The summed E-state index contributed by atoms with van der Waals surface area (Å²) in [6.45, 7) is 0.882. The zero-order valence-electron chi connectivity index (χ0n) is 14.9. The number of nitrogens with zero attached hydrogens (tertiary/aromatic N) is 2. The summed E-state index contributed by atoms with van der Waals surface area (Å²) in [5.41, 5.74) is 0.739. The predicted molar refractivity (Wildman–Crippen MR) is 102 cm³/mol. The molecule has 1 atom stereocenters. The van der Waals surface area contributed by atoms with Crippen LogP contribution >= 0.6 is 0 Å². The second kappa shape index (κ2) is 7.26. The third kappa shape index (κ3) is 3.53. The highest BCUT2D eigenvalue weighted by molar-refractivity contribution is 7.89. The molecule has 1 aliphatic rings. The quantitative estimate of drug-likeness (QED) is 0.692. The van der Waals surface area contributed by atoms with Crippen molar-refractivity contribution in [3.8, 4) is 5.75 Å². The third-order valence-corrected chi connectivity index (χ3v) is 6.59. The molecule has 7 heteroatoms. The van der Waals surface area contributed by atoms with E-state index in [2.05, 4.69) is 4.98 Å². The van der Waals surface area contributed by atoms with E-state index < -0.39 is 16.1 Å². The zero-order chi connectivity index (χ0) is 18.9. The normalized spacial score (nSPS) is 18.5. The average Bonchev–Trinajstić information content (AvgIpc) is 2.73. The van der Waals surface area contributed by atoms with Crippen LogP contribution in [0.4, 0.5) is 0 Å². The molecule has 0 saturated carbocycles. The lowest BCUT2D eigenvalue weighted by molar-refractivity contribution is -0.00484. The molecule has 1 fully saturated rings. The van der Waals surface area contributed by atoms with Gasteiger partial charge in [0.1, 0.15) is 11.9 Å². The Balaban J connectivity index is 1.59. The Kier molecular flexibility index (Phi) is 4.82. The van der Waals surface area contributed by atoms with Gasteiger partial charge in [0, 0.05) is 24.7 Å². The number of ether oxygens (including phenoxy) is 2. The molecule has 6 nitrogen and oxygen atoms in total. The molecule has 1 aliphatic heterocycles. The van der Waals surface area contributed by atoms with E-state index in [0.29, 0.717) is 18.9 Å². The van der Waals surface area contributed by atoms with Gasteiger partial charge < -0.3 is 9.47 Å². The lowest BCUT2D eigenvalue weighted by Crippen LogP contribution is -2.42. The first-order valence-electron chi connectivity index (χ1n) is 8.68. The lowest BCUT2D eigenvalue weighted by atomic mass is 10.1. The van der Waals surface area contributed by atoms with Crippen LogP contribution in [0.3, 0.4) is 0 Å². The number of hydrogen-bond donors (Lipinski definition) is 0. The van der Waals surface area contributed by atoms with E-state index in [4.69, 9.17) is 9.47 Å². The Morgan fingerprint density at radius 2 is 1.85 bits per heavy atom. The van der Waals surface area contributed by atoms with Crippen molar-refractivity contribution in [3.63, 3.8) is 0 Å². The monoisotopic (exact) mass is 384 g/mol. The van der Waals surface area contributed by atoms with Crippen molar-refractivity contribution in [1.82, 2.24) is 9.29 Å². The van der Waals surface area contributed by atoms with Gasteiger partial charge in [-0.3, -0.25) is 4.98 Å². The van der Waals surface area contributed by atoms with Crippen LogP contribution < -0.4 is 4.74 Å². The summed E-state index contributed by atoms with van der Waals surface area (Å²) in [4.78, 5) is 4.73. The molecule has 0 aliphatic carbocycles. The Morgan fingerprint density at radius 1 is 1.11 bits per heavy atom. The van der Waals surface area contributed by atoms with Crippen LogP contribution in [0, 0.1) is 0 Å². The average molecular weight is 384 g/mol. The van der Waals surface area contributed by atoms with Gasteiger partial charge in [-0.1, -0.05) is 24.3 Å². The maximum atomic E-state index is 13.0. The van der Waals surface area contributed by atoms with Gasteiger partial charge in [-0.15, -0.1) is 0 Å². The molecule has 27 heavy (non-hydrogen) atoms. The summed E-state index contributed by atoms with van der Waals surface area (Å²) >= 11 is 0. The van der Waals surface area contributed by atoms with Crippen LogP contribution in [0.5, 0.6) is 5.75 Å². The number of fused-ring (bicyclic) bond motifs is 1. The smallest absolute Gasteiger partial charge is 0.243 e. The van der Waals surface area contributed by atoms with E-state index in [1.807, 2.05) is 30.3 Å². The molecule has 0 bridgehead atoms. The molecule has 0 N–H and O–H groups in total. The van der Waals surface area contributed by atoms with Gasteiger partial charge in [-0.05, 0) is 35.7 Å². The fourth-order valence-electron chi connectivity index (χ4n) is 3.20. The van der Waals surface area contributed by atoms with Gasteiger partial charge in [0.2, 0.25) is 10.0 Å². The van der Waals surface area contributed by atoms with E-state index >= 15 is 0 Å². The Bertz CT molecular complexity index is 1050.